The maximum atomic E-state index is 5.75. The molecule has 0 aromatic heterocycles. The zero-order chi connectivity index (χ0) is 10.5. The molecule has 3 nitrogen and oxygen atoms in total. The van der Waals surface area contributed by atoms with E-state index in [0.717, 1.165) is 31.0 Å². The lowest BCUT2D eigenvalue weighted by Crippen LogP contribution is -2.37. The van der Waals surface area contributed by atoms with E-state index >= 15 is 0 Å². The highest BCUT2D eigenvalue weighted by Gasteiger charge is 2.22. The van der Waals surface area contributed by atoms with E-state index in [0.29, 0.717) is 0 Å². The van der Waals surface area contributed by atoms with Gasteiger partial charge in [-0.15, -0.1) is 0 Å². The third-order valence-electron chi connectivity index (χ3n) is 3.98. The first kappa shape index (κ1) is 11.4. The molecule has 1 saturated heterocycles. The molecule has 3 atom stereocenters. The lowest BCUT2D eigenvalue weighted by atomic mass is 9.81. The van der Waals surface area contributed by atoms with E-state index in [1.54, 1.807) is 0 Å². The Morgan fingerprint density at radius 2 is 2.07 bits per heavy atom. The molecule has 2 rings (SSSR count). The normalized spacial score (nSPS) is 37.0. The molecule has 1 aliphatic carbocycles. The first-order valence-electron chi connectivity index (χ1n) is 6.52. The summed E-state index contributed by atoms with van der Waals surface area (Å²) in [6.07, 6.45) is 6.80. The number of nitrogens with one attached hydrogen (secondary N) is 2. The van der Waals surface area contributed by atoms with E-state index in [4.69, 9.17) is 5.73 Å². The van der Waals surface area contributed by atoms with Crippen molar-refractivity contribution in [1.82, 2.24) is 10.6 Å². The van der Waals surface area contributed by atoms with Gasteiger partial charge >= 0.3 is 0 Å². The summed E-state index contributed by atoms with van der Waals surface area (Å²) in [7, 11) is 0. The maximum absolute atomic E-state index is 5.75. The highest BCUT2D eigenvalue weighted by molar-refractivity contribution is 4.81. The fourth-order valence-electron chi connectivity index (χ4n) is 2.96. The Hall–Kier alpha value is -0.120. The number of hydrogen-bond donors (Lipinski definition) is 3. The van der Waals surface area contributed by atoms with Crippen molar-refractivity contribution in [2.45, 2.75) is 38.1 Å². The summed E-state index contributed by atoms with van der Waals surface area (Å²) in [5, 5.41) is 7.09. The molecule has 4 N–H and O–H groups in total. The molecule has 0 amide bonds. The highest BCUT2D eigenvalue weighted by Crippen LogP contribution is 2.27. The topological polar surface area (TPSA) is 50.1 Å². The second kappa shape index (κ2) is 5.83. The molecule has 1 heterocycles. The number of hydrogen-bond acceptors (Lipinski definition) is 3. The van der Waals surface area contributed by atoms with Gasteiger partial charge < -0.3 is 16.4 Å². The predicted octanol–water partition coefficient (Wildman–Crippen LogP) is 0.703. The third kappa shape index (κ3) is 3.44. The lowest BCUT2D eigenvalue weighted by Gasteiger charge is -2.29. The van der Waals surface area contributed by atoms with Gasteiger partial charge in [-0.05, 0) is 57.2 Å². The first-order chi connectivity index (χ1) is 7.38. The van der Waals surface area contributed by atoms with Crippen molar-refractivity contribution in [1.29, 1.82) is 0 Å². The smallest absolute Gasteiger partial charge is 0.0204 e. The Kier molecular flexibility index (Phi) is 4.42. The van der Waals surface area contributed by atoms with Gasteiger partial charge in [0.05, 0.1) is 0 Å². The highest BCUT2D eigenvalue weighted by atomic mass is 15.0. The third-order valence-corrected chi connectivity index (χ3v) is 3.98. The Bertz CT molecular complexity index is 178. The number of nitrogens with two attached hydrogens (primary N) is 1. The second-order valence-electron chi connectivity index (χ2n) is 5.23. The van der Waals surface area contributed by atoms with Crippen molar-refractivity contribution in [2.24, 2.45) is 17.6 Å². The van der Waals surface area contributed by atoms with Crippen LogP contribution in [0.2, 0.25) is 0 Å². The van der Waals surface area contributed by atoms with Crippen molar-refractivity contribution < 1.29 is 0 Å². The van der Waals surface area contributed by atoms with Crippen LogP contribution >= 0.6 is 0 Å². The largest absolute Gasteiger partial charge is 0.330 e. The van der Waals surface area contributed by atoms with E-state index in [9.17, 15) is 0 Å². The lowest BCUT2D eigenvalue weighted by molar-refractivity contribution is 0.259. The van der Waals surface area contributed by atoms with Crippen LogP contribution < -0.4 is 16.4 Å². The molecule has 1 saturated carbocycles. The molecule has 0 bridgehead atoms. The van der Waals surface area contributed by atoms with Crippen LogP contribution in [0.25, 0.3) is 0 Å². The molecule has 15 heavy (non-hydrogen) atoms. The molecule has 0 aromatic rings. The van der Waals surface area contributed by atoms with E-state index in [1.165, 1.54) is 45.2 Å². The first-order valence-corrected chi connectivity index (χ1v) is 6.52. The van der Waals surface area contributed by atoms with Gasteiger partial charge in [0.25, 0.3) is 0 Å². The fourth-order valence-corrected chi connectivity index (χ4v) is 2.96. The monoisotopic (exact) mass is 211 g/mol. The predicted molar refractivity (Wildman–Crippen MR) is 63.8 cm³/mol. The quantitative estimate of drug-likeness (QED) is 0.642. The summed E-state index contributed by atoms with van der Waals surface area (Å²) in [5.74, 6) is 1.68. The van der Waals surface area contributed by atoms with Crippen molar-refractivity contribution in [3.8, 4) is 0 Å². The van der Waals surface area contributed by atoms with Gasteiger partial charge in [0, 0.05) is 12.6 Å². The van der Waals surface area contributed by atoms with Gasteiger partial charge in [-0.2, -0.15) is 0 Å². The molecular weight excluding hydrogens is 186 g/mol. The molecule has 3 unspecified atom stereocenters. The van der Waals surface area contributed by atoms with Gasteiger partial charge in [0.1, 0.15) is 0 Å². The van der Waals surface area contributed by atoms with Crippen molar-refractivity contribution in [3.63, 3.8) is 0 Å². The SMILES string of the molecule is NCC1CCCC(CNC2CCNC2)C1. The van der Waals surface area contributed by atoms with Gasteiger partial charge in [-0.1, -0.05) is 6.42 Å². The summed E-state index contributed by atoms with van der Waals surface area (Å²) in [6.45, 7) is 4.45. The van der Waals surface area contributed by atoms with Gasteiger partial charge in [-0.3, -0.25) is 0 Å². The van der Waals surface area contributed by atoms with Crippen molar-refractivity contribution in [3.05, 3.63) is 0 Å². The van der Waals surface area contributed by atoms with Gasteiger partial charge in [-0.25, -0.2) is 0 Å². The van der Waals surface area contributed by atoms with E-state index in [1.807, 2.05) is 0 Å². The Balaban J connectivity index is 1.65. The fraction of sp³-hybridized carbons (Fsp3) is 1.00. The zero-order valence-corrected chi connectivity index (χ0v) is 9.67. The molecule has 88 valence electrons. The maximum Gasteiger partial charge on any atom is 0.0204 e. The van der Waals surface area contributed by atoms with Crippen LogP contribution in [0.1, 0.15) is 32.1 Å². The molecule has 0 spiro atoms. The van der Waals surface area contributed by atoms with Crippen LogP contribution in [0, 0.1) is 11.8 Å². The minimum Gasteiger partial charge on any atom is -0.330 e. The standard InChI is InChI=1S/C12H25N3/c13-7-10-2-1-3-11(6-10)8-15-12-4-5-14-9-12/h10-12,14-15H,1-9,13H2. The zero-order valence-electron chi connectivity index (χ0n) is 9.67. The summed E-state index contributed by atoms with van der Waals surface area (Å²) < 4.78 is 0. The Morgan fingerprint density at radius 1 is 1.20 bits per heavy atom. The molecule has 0 radical (unpaired) electrons. The van der Waals surface area contributed by atoms with E-state index in [-0.39, 0.29) is 0 Å². The molecular formula is C12H25N3. The van der Waals surface area contributed by atoms with E-state index in [2.05, 4.69) is 10.6 Å². The van der Waals surface area contributed by atoms with Gasteiger partial charge in [0.2, 0.25) is 0 Å². The minimum atomic E-state index is 0.725. The molecule has 2 aliphatic rings. The average molecular weight is 211 g/mol. The van der Waals surface area contributed by atoms with Crippen LogP contribution in [0.15, 0.2) is 0 Å². The van der Waals surface area contributed by atoms with Crippen LogP contribution in [0.5, 0.6) is 0 Å². The molecule has 1 aliphatic heterocycles. The average Bonchev–Trinajstić information content (AvgIpc) is 2.79. The second-order valence-corrected chi connectivity index (χ2v) is 5.23. The molecule has 3 heteroatoms. The Labute approximate surface area is 93.2 Å². The van der Waals surface area contributed by atoms with Crippen LogP contribution in [-0.4, -0.2) is 32.2 Å². The summed E-state index contributed by atoms with van der Waals surface area (Å²) in [4.78, 5) is 0. The summed E-state index contributed by atoms with van der Waals surface area (Å²) >= 11 is 0. The van der Waals surface area contributed by atoms with Crippen molar-refractivity contribution in [2.75, 3.05) is 26.2 Å². The molecule has 2 fully saturated rings. The van der Waals surface area contributed by atoms with Crippen LogP contribution in [0.4, 0.5) is 0 Å². The summed E-state index contributed by atoms with van der Waals surface area (Å²) in [6, 6.07) is 0.725. The van der Waals surface area contributed by atoms with E-state index < -0.39 is 0 Å². The Morgan fingerprint density at radius 3 is 2.80 bits per heavy atom. The van der Waals surface area contributed by atoms with Crippen LogP contribution in [0.3, 0.4) is 0 Å². The van der Waals surface area contributed by atoms with Crippen molar-refractivity contribution >= 4 is 0 Å². The number of rotatable bonds is 4. The van der Waals surface area contributed by atoms with Gasteiger partial charge in [0.15, 0.2) is 0 Å². The molecule has 0 aromatic carbocycles. The summed E-state index contributed by atoms with van der Waals surface area (Å²) in [5.41, 5.74) is 5.75. The van der Waals surface area contributed by atoms with Crippen LogP contribution in [-0.2, 0) is 0 Å². The minimum absolute atomic E-state index is 0.725.